The fourth-order valence-electron chi connectivity index (χ4n) is 9.46. The second-order valence-electron chi connectivity index (χ2n) is 14.7. The predicted molar refractivity (Wildman–Crippen MR) is 159 cm³/mol. The molecule has 4 rings (SSSR count). The zero-order valence-electron chi connectivity index (χ0n) is 26.5. The highest BCUT2D eigenvalue weighted by Crippen LogP contribution is 2.67. The second-order valence-corrected chi connectivity index (χ2v) is 14.7. The molecular formula is C34H53NO6. The number of allylic oxidation sites excluding steroid dienone is 3. The van der Waals surface area contributed by atoms with Crippen molar-refractivity contribution in [2.24, 2.45) is 45.7 Å². The molecule has 4 aliphatic carbocycles. The third-order valence-corrected chi connectivity index (χ3v) is 11.6. The highest BCUT2D eigenvalue weighted by Gasteiger charge is 2.65. The number of carbonyl (C=O) groups is 2. The standard InChI is InChI=1S/C34H53NO6/c1-18(2)19(3)10-11-20(4)23-13-14-24-22-12-15-26-32(6,7)30(41-27(38)17-35)25(37)16-33(26,8)28(22)29(39)31(34(23,24)9)40-21(5)36/h14,18,20,23,25-26,29-31,37,39H,3,10-13,15-17,35H2,1-2,4-9H3/t20-,23-,25-,26?,29-,30+,31+,33?,34?/m1/s1. The Kier molecular flexibility index (Phi) is 8.79. The van der Waals surface area contributed by atoms with E-state index in [1.165, 1.54) is 23.6 Å². The van der Waals surface area contributed by atoms with E-state index >= 15 is 0 Å². The summed E-state index contributed by atoms with van der Waals surface area (Å²) >= 11 is 0. The van der Waals surface area contributed by atoms with E-state index in [4.69, 9.17) is 15.2 Å². The molecule has 1 saturated carbocycles. The number of fused-ring (bicyclic) bond motifs is 4. The summed E-state index contributed by atoms with van der Waals surface area (Å²) in [6, 6.07) is 0. The number of hydrogen-bond donors (Lipinski definition) is 3. The van der Waals surface area contributed by atoms with E-state index in [0.717, 1.165) is 37.7 Å². The lowest BCUT2D eigenvalue weighted by atomic mass is 9.45. The number of hydrogen-bond acceptors (Lipinski definition) is 7. The maximum atomic E-state index is 12.5. The van der Waals surface area contributed by atoms with Crippen LogP contribution in [0.5, 0.6) is 0 Å². The Labute approximate surface area is 246 Å². The average molecular weight is 572 g/mol. The van der Waals surface area contributed by atoms with Gasteiger partial charge in [-0.2, -0.15) is 0 Å². The molecule has 7 heteroatoms. The van der Waals surface area contributed by atoms with E-state index in [1.807, 2.05) is 13.8 Å². The molecule has 0 saturated heterocycles. The lowest BCUT2D eigenvalue weighted by Crippen LogP contribution is -2.63. The van der Waals surface area contributed by atoms with Crippen molar-refractivity contribution in [2.75, 3.05) is 6.54 Å². The summed E-state index contributed by atoms with van der Waals surface area (Å²) in [4.78, 5) is 24.7. The summed E-state index contributed by atoms with van der Waals surface area (Å²) in [5.41, 5.74) is 8.39. The first kappa shape index (κ1) is 32.0. The minimum atomic E-state index is -0.992. The first-order valence-corrected chi connectivity index (χ1v) is 15.6. The maximum Gasteiger partial charge on any atom is 0.320 e. The van der Waals surface area contributed by atoms with Crippen LogP contribution in [-0.4, -0.2) is 53.1 Å². The van der Waals surface area contributed by atoms with E-state index in [-0.39, 0.29) is 18.4 Å². The van der Waals surface area contributed by atoms with Gasteiger partial charge in [0.1, 0.15) is 18.3 Å². The molecule has 1 fully saturated rings. The van der Waals surface area contributed by atoms with E-state index < -0.39 is 52.6 Å². The molecule has 4 aliphatic rings. The fourth-order valence-corrected chi connectivity index (χ4v) is 9.46. The highest BCUT2D eigenvalue weighted by atomic mass is 16.6. The highest BCUT2D eigenvalue weighted by molar-refractivity contribution is 5.71. The largest absolute Gasteiger partial charge is 0.458 e. The van der Waals surface area contributed by atoms with Gasteiger partial charge in [0.25, 0.3) is 0 Å². The smallest absolute Gasteiger partial charge is 0.320 e. The summed E-state index contributed by atoms with van der Waals surface area (Å²) < 4.78 is 11.8. The van der Waals surface area contributed by atoms with Crippen LogP contribution in [0, 0.1) is 39.9 Å². The van der Waals surface area contributed by atoms with Gasteiger partial charge in [-0.15, -0.1) is 0 Å². The van der Waals surface area contributed by atoms with Crippen molar-refractivity contribution >= 4 is 11.9 Å². The van der Waals surface area contributed by atoms with Crippen LogP contribution < -0.4 is 5.73 Å². The molecule has 0 aliphatic heterocycles. The van der Waals surface area contributed by atoms with Gasteiger partial charge in [-0.05, 0) is 84.3 Å². The monoisotopic (exact) mass is 571 g/mol. The number of ether oxygens (including phenoxy) is 2. The minimum Gasteiger partial charge on any atom is -0.458 e. The Morgan fingerprint density at radius 2 is 1.78 bits per heavy atom. The topological polar surface area (TPSA) is 119 Å². The van der Waals surface area contributed by atoms with Crippen LogP contribution in [0.4, 0.5) is 0 Å². The van der Waals surface area contributed by atoms with Crippen molar-refractivity contribution in [3.63, 3.8) is 0 Å². The molecule has 0 spiro atoms. The lowest BCUT2D eigenvalue weighted by molar-refractivity contribution is -0.196. The van der Waals surface area contributed by atoms with E-state index in [1.54, 1.807) is 0 Å². The van der Waals surface area contributed by atoms with Gasteiger partial charge in [0.05, 0.1) is 12.6 Å². The summed E-state index contributed by atoms with van der Waals surface area (Å²) in [6.45, 7) is 20.5. The molecule has 0 radical (unpaired) electrons. The summed E-state index contributed by atoms with van der Waals surface area (Å²) in [5.74, 6) is 0.0981. The molecule has 0 aromatic carbocycles. The Balaban J connectivity index is 1.76. The van der Waals surface area contributed by atoms with Gasteiger partial charge in [-0.25, -0.2) is 0 Å². The molecule has 0 amide bonds. The summed E-state index contributed by atoms with van der Waals surface area (Å²) in [6.07, 6.45) is 3.80. The summed E-state index contributed by atoms with van der Waals surface area (Å²) in [5, 5.41) is 23.7. The van der Waals surface area contributed by atoms with Crippen molar-refractivity contribution in [1.29, 1.82) is 0 Å². The van der Waals surface area contributed by atoms with Gasteiger partial charge < -0.3 is 25.4 Å². The molecule has 4 N–H and O–H groups in total. The van der Waals surface area contributed by atoms with Gasteiger partial charge in [-0.1, -0.05) is 66.7 Å². The molecule has 0 bridgehead atoms. The van der Waals surface area contributed by atoms with Crippen molar-refractivity contribution in [3.8, 4) is 0 Å². The van der Waals surface area contributed by atoms with Crippen molar-refractivity contribution in [1.82, 2.24) is 0 Å². The second kappa shape index (κ2) is 11.3. The quantitative estimate of drug-likeness (QED) is 0.269. The molecule has 9 atom stereocenters. The maximum absolute atomic E-state index is 12.5. The molecule has 3 unspecified atom stereocenters. The average Bonchev–Trinajstić information content (AvgIpc) is 3.24. The Morgan fingerprint density at radius 1 is 1.12 bits per heavy atom. The number of carbonyl (C=O) groups excluding carboxylic acids is 2. The van der Waals surface area contributed by atoms with E-state index in [0.29, 0.717) is 18.3 Å². The van der Waals surface area contributed by atoms with Crippen molar-refractivity contribution in [3.05, 3.63) is 34.9 Å². The molecule has 41 heavy (non-hydrogen) atoms. The van der Waals surface area contributed by atoms with Gasteiger partial charge in [0.2, 0.25) is 0 Å². The molecular weight excluding hydrogens is 518 g/mol. The fraction of sp³-hybridized carbons (Fsp3) is 0.765. The van der Waals surface area contributed by atoms with Crippen LogP contribution in [0.1, 0.15) is 93.9 Å². The van der Waals surface area contributed by atoms with Crippen LogP contribution in [-0.2, 0) is 19.1 Å². The van der Waals surface area contributed by atoms with Gasteiger partial charge in [0.15, 0.2) is 0 Å². The zero-order chi connectivity index (χ0) is 30.7. The van der Waals surface area contributed by atoms with E-state index in [9.17, 15) is 19.8 Å². The van der Waals surface area contributed by atoms with Crippen LogP contribution in [0.3, 0.4) is 0 Å². The first-order chi connectivity index (χ1) is 19.0. The Bertz CT molecular complexity index is 1140. The number of esters is 2. The van der Waals surface area contributed by atoms with Crippen LogP contribution in [0.2, 0.25) is 0 Å². The zero-order valence-corrected chi connectivity index (χ0v) is 26.5. The number of nitrogens with two attached hydrogens (primary N) is 1. The van der Waals surface area contributed by atoms with Crippen LogP contribution >= 0.6 is 0 Å². The van der Waals surface area contributed by atoms with Gasteiger partial charge in [-0.3, -0.25) is 9.59 Å². The minimum absolute atomic E-state index is 0.0310. The lowest BCUT2D eigenvalue weighted by Gasteiger charge is -2.62. The Morgan fingerprint density at radius 3 is 2.37 bits per heavy atom. The third kappa shape index (κ3) is 5.14. The third-order valence-electron chi connectivity index (χ3n) is 11.6. The van der Waals surface area contributed by atoms with Crippen LogP contribution in [0.15, 0.2) is 34.9 Å². The van der Waals surface area contributed by atoms with Crippen LogP contribution in [0.25, 0.3) is 0 Å². The molecule has 230 valence electrons. The SMILES string of the molecule is C=C(CC[C@@H](C)[C@H]1CC=C2C3=C([C@@H](O)[C@H](OC(C)=O)C21C)C1(C)C[C@@H](O)[C@H](OC(=O)CN)C(C)(C)C1CC3)C(C)C. The molecule has 0 aromatic rings. The normalized spacial score (nSPS) is 38.4. The molecule has 7 nitrogen and oxygen atoms in total. The molecule has 0 heterocycles. The van der Waals surface area contributed by atoms with Gasteiger partial charge >= 0.3 is 11.9 Å². The number of aliphatic hydroxyl groups is 2. The predicted octanol–water partition coefficient (Wildman–Crippen LogP) is 5.25. The summed E-state index contributed by atoms with van der Waals surface area (Å²) in [7, 11) is 0. The first-order valence-electron chi connectivity index (χ1n) is 15.6. The number of aliphatic hydroxyl groups excluding tert-OH is 2. The van der Waals surface area contributed by atoms with Crippen molar-refractivity contribution in [2.45, 2.75) is 118 Å². The van der Waals surface area contributed by atoms with E-state index in [2.05, 4.69) is 47.3 Å². The van der Waals surface area contributed by atoms with Gasteiger partial charge in [0, 0.05) is 17.8 Å². The number of rotatable bonds is 8. The Hall–Kier alpha value is -1.96. The molecule has 0 aromatic heterocycles. The van der Waals surface area contributed by atoms with Crippen molar-refractivity contribution < 1.29 is 29.3 Å².